The number of Topliss-reactive ketones (excluding diaryl/α,β-unsaturated/α-hetero) is 1. The number of ketones is 1. The SMILES string of the molecule is COc1cc(/C(O)=C2\C(=O)C(=O)N(c3nc4ccc([N+](=O)[O-])cc4s3)C2c2cccs2)ccc1Cl. The third kappa shape index (κ3) is 3.83. The lowest BCUT2D eigenvalue weighted by Crippen LogP contribution is -2.28. The molecule has 5 rings (SSSR count). The Labute approximate surface area is 210 Å². The fraction of sp³-hybridized carbons (Fsp3) is 0.0870. The standard InChI is InChI=1S/C23H14ClN3O6S2/c1-33-15-9-11(4-6-13(15)24)20(28)18-19(16-3-2-8-34-16)26(22(30)21(18)29)23-25-14-7-5-12(27(31)32)10-17(14)35-23/h2-10,19,28H,1H3/b20-18+. The minimum absolute atomic E-state index is 0.105. The number of hydrogen-bond donors (Lipinski definition) is 1. The number of thiophene rings is 1. The number of methoxy groups -OCH3 is 1. The van der Waals surface area contributed by atoms with Crippen molar-refractivity contribution in [1.82, 2.24) is 4.98 Å². The maximum atomic E-state index is 13.2. The molecule has 0 saturated carbocycles. The largest absolute Gasteiger partial charge is 0.507 e. The first-order valence-electron chi connectivity index (χ1n) is 10.0. The van der Waals surface area contributed by atoms with E-state index in [1.54, 1.807) is 17.5 Å². The first-order valence-corrected chi connectivity index (χ1v) is 12.1. The maximum absolute atomic E-state index is 13.2. The third-order valence-electron chi connectivity index (χ3n) is 5.46. The van der Waals surface area contributed by atoms with Crippen LogP contribution in [0.3, 0.4) is 0 Å². The summed E-state index contributed by atoms with van der Waals surface area (Å²) in [4.78, 5) is 43.4. The normalized spacial score (nSPS) is 17.3. The molecule has 0 radical (unpaired) electrons. The van der Waals surface area contributed by atoms with Crippen LogP contribution in [0.2, 0.25) is 5.02 Å². The van der Waals surface area contributed by atoms with Crippen LogP contribution in [-0.4, -0.2) is 33.8 Å². The molecule has 1 unspecified atom stereocenters. The number of nitro benzene ring substituents is 1. The molecule has 12 heteroatoms. The van der Waals surface area contributed by atoms with Crippen molar-refractivity contribution in [3.05, 3.63) is 85.1 Å². The molecule has 1 atom stereocenters. The molecule has 3 heterocycles. The minimum Gasteiger partial charge on any atom is -0.507 e. The molecule has 1 N–H and O–H groups in total. The van der Waals surface area contributed by atoms with Crippen molar-refractivity contribution >= 4 is 72.8 Å². The van der Waals surface area contributed by atoms with Crippen molar-refractivity contribution in [2.24, 2.45) is 0 Å². The number of halogens is 1. The Morgan fingerprint density at radius 3 is 2.71 bits per heavy atom. The lowest BCUT2D eigenvalue weighted by Gasteiger charge is -2.21. The highest BCUT2D eigenvalue weighted by atomic mass is 35.5. The summed E-state index contributed by atoms with van der Waals surface area (Å²) in [6, 6.07) is 11.3. The van der Waals surface area contributed by atoms with E-state index >= 15 is 0 Å². The molecule has 1 saturated heterocycles. The maximum Gasteiger partial charge on any atom is 0.301 e. The summed E-state index contributed by atoms with van der Waals surface area (Å²) < 4.78 is 5.70. The smallest absolute Gasteiger partial charge is 0.301 e. The van der Waals surface area contributed by atoms with E-state index in [0.717, 1.165) is 11.3 Å². The van der Waals surface area contributed by atoms with Gasteiger partial charge in [-0.15, -0.1) is 11.3 Å². The number of carbonyl (C=O) groups excluding carboxylic acids is 2. The molecular weight excluding hydrogens is 514 g/mol. The predicted octanol–water partition coefficient (Wildman–Crippen LogP) is 5.55. The van der Waals surface area contributed by atoms with Gasteiger partial charge in [0.25, 0.3) is 11.5 Å². The van der Waals surface area contributed by atoms with Gasteiger partial charge in [0.05, 0.1) is 32.8 Å². The summed E-state index contributed by atoms with van der Waals surface area (Å²) in [6.07, 6.45) is 0. The summed E-state index contributed by atoms with van der Waals surface area (Å²) >= 11 is 8.46. The highest BCUT2D eigenvalue weighted by molar-refractivity contribution is 7.22. The molecule has 2 aromatic carbocycles. The number of hydrogen-bond acceptors (Lipinski definition) is 9. The summed E-state index contributed by atoms with van der Waals surface area (Å²) in [7, 11) is 1.42. The van der Waals surface area contributed by atoms with Crippen LogP contribution < -0.4 is 9.64 Å². The summed E-state index contributed by atoms with van der Waals surface area (Å²) in [5, 5.41) is 24.6. The predicted molar refractivity (Wildman–Crippen MR) is 133 cm³/mol. The van der Waals surface area contributed by atoms with Crippen molar-refractivity contribution < 1.29 is 24.4 Å². The van der Waals surface area contributed by atoms with Gasteiger partial charge < -0.3 is 9.84 Å². The minimum atomic E-state index is -0.938. The van der Waals surface area contributed by atoms with Crippen LogP contribution in [0.1, 0.15) is 16.5 Å². The second-order valence-electron chi connectivity index (χ2n) is 7.44. The number of anilines is 1. The van der Waals surface area contributed by atoms with Gasteiger partial charge in [-0.05, 0) is 35.7 Å². The van der Waals surface area contributed by atoms with E-state index in [2.05, 4.69) is 4.98 Å². The van der Waals surface area contributed by atoms with Crippen molar-refractivity contribution in [2.75, 3.05) is 12.0 Å². The average molecular weight is 528 g/mol. The summed E-state index contributed by atoms with van der Waals surface area (Å²) in [5.41, 5.74) is 0.490. The van der Waals surface area contributed by atoms with Gasteiger partial charge in [-0.25, -0.2) is 4.98 Å². The van der Waals surface area contributed by atoms with E-state index in [4.69, 9.17) is 16.3 Å². The Balaban J connectivity index is 1.69. The second kappa shape index (κ2) is 8.77. The number of non-ortho nitro benzene ring substituents is 1. The van der Waals surface area contributed by atoms with E-state index in [1.807, 2.05) is 0 Å². The molecule has 9 nitrogen and oxygen atoms in total. The Hall–Kier alpha value is -3.80. The van der Waals surface area contributed by atoms with Gasteiger partial charge in [0.1, 0.15) is 17.6 Å². The number of nitrogens with zero attached hydrogens (tertiary/aromatic N) is 3. The van der Waals surface area contributed by atoms with Gasteiger partial charge in [-0.1, -0.05) is 29.0 Å². The van der Waals surface area contributed by atoms with Gasteiger partial charge in [0.2, 0.25) is 0 Å². The number of ether oxygens (including phenoxy) is 1. The molecular formula is C23H14ClN3O6S2. The Morgan fingerprint density at radius 1 is 1.23 bits per heavy atom. The molecule has 176 valence electrons. The quantitative estimate of drug-likeness (QED) is 0.118. The number of thiazole rings is 1. The molecule has 1 aliphatic heterocycles. The van der Waals surface area contributed by atoms with E-state index in [9.17, 15) is 24.8 Å². The zero-order valence-corrected chi connectivity index (χ0v) is 20.2. The molecule has 0 aliphatic carbocycles. The van der Waals surface area contributed by atoms with Gasteiger partial charge in [0.15, 0.2) is 5.13 Å². The first-order chi connectivity index (χ1) is 16.8. The Morgan fingerprint density at radius 2 is 2.03 bits per heavy atom. The lowest BCUT2D eigenvalue weighted by molar-refractivity contribution is -0.384. The number of carbonyl (C=O) groups is 2. The van der Waals surface area contributed by atoms with Gasteiger partial charge >= 0.3 is 5.91 Å². The number of aliphatic hydroxyl groups excluding tert-OH is 1. The summed E-state index contributed by atoms with van der Waals surface area (Å²) in [6.45, 7) is 0. The zero-order chi connectivity index (χ0) is 24.9. The van der Waals surface area contributed by atoms with Crippen LogP contribution in [0.4, 0.5) is 10.8 Å². The first kappa shape index (κ1) is 23.0. The van der Waals surface area contributed by atoms with Gasteiger partial charge in [-0.2, -0.15) is 0 Å². The molecule has 1 fully saturated rings. The van der Waals surface area contributed by atoms with E-state index in [1.165, 1.54) is 59.7 Å². The third-order valence-corrected chi connectivity index (χ3v) is 7.71. The second-order valence-corrected chi connectivity index (χ2v) is 9.83. The number of aliphatic hydroxyl groups is 1. The van der Waals surface area contributed by atoms with Crippen molar-refractivity contribution in [3.63, 3.8) is 0 Å². The number of benzene rings is 2. The number of amides is 1. The molecule has 35 heavy (non-hydrogen) atoms. The highest BCUT2D eigenvalue weighted by Crippen LogP contribution is 2.46. The molecule has 4 aromatic rings. The van der Waals surface area contributed by atoms with E-state index < -0.39 is 22.7 Å². The highest BCUT2D eigenvalue weighted by Gasteiger charge is 2.48. The van der Waals surface area contributed by atoms with E-state index in [-0.39, 0.29) is 27.7 Å². The fourth-order valence-corrected chi connectivity index (χ4v) is 5.87. The van der Waals surface area contributed by atoms with Crippen LogP contribution in [-0.2, 0) is 9.59 Å². The number of aromatic nitrogens is 1. The zero-order valence-electron chi connectivity index (χ0n) is 17.8. The Bertz CT molecular complexity index is 1550. The summed E-state index contributed by atoms with van der Waals surface area (Å²) in [5.74, 6) is -1.82. The monoisotopic (exact) mass is 527 g/mol. The Kier molecular flexibility index (Phi) is 5.75. The van der Waals surface area contributed by atoms with Crippen LogP contribution in [0.25, 0.3) is 16.0 Å². The van der Waals surface area contributed by atoms with Crippen molar-refractivity contribution in [3.8, 4) is 5.75 Å². The van der Waals surface area contributed by atoms with Gasteiger partial charge in [-0.3, -0.25) is 24.6 Å². The van der Waals surface area contributed by atoms with Crippen molar-refractivity contribution in [1.29, 1.82) is 0 Å². The van der Waals surface area contributed by atoms with Crippen LogP contribution >= 0.6 is 34.3 Å². The number of fused-ring (bicyclic) bond motifs is 1. The average Bonchev–Trinajstić information content (AvgIpc) is 3.57. The molecule has 2 aromatic heterocycles. The van der Waals surface area contributed by atoms with Crippen LogP contribution in [0.15, 0.2) is 59.5 Å². The molecule has 0 spiro atoms. The topological polar surface area (TPSA) is 123 Å². The van der Waals surface area contributed by atoms with Crippen LogP contribution in [0.5, 0.6) is 5.75 Å². The van der Waals surface area contributed by atoms with Crippen molar-refractivity contribution in [2.45, 2.75) is 6.04 Å². The van der Waals surface area contributed by atoms with E-state index in [0.29, 0.717) is 25.9 Å². The number of nitro groups is 1. The number of rotatable bonds is 5. The fourth-order valence-electron chi connectivity index (χ4n) is 3.83. The van der Waals surface area contributed by atoms with Gasteiger partial charge in [0, 0.05) is 22.6 Å². The lowest BCUT2D eigenvalue weighted by atomic mass is 10.00. The molecule has 0 bridgehead atoms. The molecule has 1 aliphatic rings. The molecule has 1 amide bonds. The van der Waals surface area contributed by atoms with Crippen LogP contribution in [0, 0.1) is 10.1 Å².